The van der Waals surface area contributed by atoms with Gasteiger partial charge in [0.15, 0.2) is 0 Å². The molecular formula is C21H24N4O2S. The zero-order chi connectivity index (χ0) is 19.3. The average Bonchev–Trinajstić information content (AvgIpc) is 3.35. The quantitative estimate of drug-likeness (QED) is 0.618. The summed E-state index contributed by atoms with van der Waals surface area (Å²) in [7, 11) is 0. The largest absolute Gasteiger partial charge is 0.339 e. The number of carbonyl (C=O) groups excluding carboxylic acids is 1. The van der Waals surface area contributed by atoms with Crippen LogP contribution in [-0.4, -0.2) is 40.6 Å². The van der Waals surface area contributed by atoms with Crippen molar-refractivity contribution in [2.45, 2.75) is 32.1 Å². The minimum atomic E-state index is 0.00422. The number of rotatable bonds is 8. The summed E-state index contributed by atoms with van der Waals surface area (Å²) >= 11 is 1.59. The second-order valence-corrected chi connectivity index (χ2v) is 8.12. The third kappa shape index (κ3) is 4.48. The molecule has 0 atom stereocenters. The maximum Gasteiger partial charge on any atom is 0.238 e. The molecule has 1 N–H and O–H groups in total. The molecule has 3 heterocycles. The van der Waals surface area contributed by atoms with Crippen LogP contribution in [0, 0.1) is 0 Å². The van der Waals surface area contributed by atoms with Crippen molar-refractivity contribution in [3.63, 3.8) is 0 Å². The zero-order valence-electron chi connectivity index (χ0n) is 15.9. The molecule has 1 aromatic carbocycles. The summed E-state index contributed by atoms with van der Waals surface area (Å²) in [5.41, 5.74) is 2.16. The molecule has 1 aliphatic rings. The Bertz CT molecular complexity index is 899. The Labute approximate surface area is 168 Å². The topological polar surface area (TPSA) is 71.3 Å². The number of hydrogen-bond acceptors (Lipinski definition) is 6. The number of aromatic nitrogens is 2. The molecule has 146 valence electrons. The van der Waals surface area contributed by atoms with Gasteiger partial charge in [0.2, 0.25) is 17.6 Å². The molecule has 28 heavy (non-hydrogen) atoms. The molecule has 0 spiro atoms. The van der Waals surface area contributed by atoms with E-state index >= 15 is 0 Å². The third-order valence-corrected chi connectivity index (χ3v) is 5.78. The lowest BCUT2D eigenvalue weighted by molar-refractivity contribution is -0.118. The van der Waals surface area contributed by atoms with E-state index in [-0.39, 0.29) is 11.8 Å². The van der Waals surface area contributed by atoms with E-state index in [4.69, 9.17) is 4.52 Å². The van der Waals surface area contributed by atoms with Crippen LogP contribution in [0.1, 0.15) is 37.1 Å². The SMILES string of the molecule is CCCCc1ccc(NC(=O)CN2CC(c3nc(-c4cccs4)no3)C2)cc1. The number of anilines is 1. The minimum Gasteiger partial charge on any atom is -0.339 e. The summed E-state index contributed by atoms with van der Waals surface area (Å²) in [4.78, 5) is 19.9. The molecule has 4 rings (SSSR count). The average molecular weight is 397 g/mol. The second kappa shape index (κ2) is 8.67. The number of nitrogens with one attached hydrogen (secondary N) is 1. The number of nitrogens with zero attached hydrogens (tertiary/aromatic N) is 3. The summed E-state index contributed by atoms with van der Waals surface area (Å²) in [6.45, 7) is 4.08. The summed E-state index contributed by atoms with van der Waals surface area (Å²) in [6.07, 6.45) is 3.47. The Kier molecular flexibility index (Phi) is 5.83. The van der Waals surface area contributed by atoms with Crippen LogP contribution in [0.25, 0.3) is 10.7 Å². The van der Waals surface area contributed by atoms with E-state index in [0.29, 0.717) is 18.3 Å². The molecule has 0 bridgehead atoms. The van der Waals surface area contributed by atoms with Crippen LogP contribution in [-0.2, 0) is 11.2 Å². The first-order chi connectivity index (χ1) is 13.7. The van der Waals surface area contributed by atoms with Crippen molar-refractivity contribution in [1.82, 2.24) is 15.0 Å². The van der Waals surface area contributed by atoms with Crippen molar-refractivity contribution in [2.24, 2.45) is 0 Å². The number of benzene rings is 1. The number of amides is 1. The normalized spacial score (nSPS) is 14.8. The molecule has 1 aliphatic heterocycles. The Hall–Kier alpha value is -2.51. The van der Waals surface area contributed by atoms with Crippen molar-refractivity contribution >= 4 is 22.9 Å². The van der Waals surface area contributed by atoms with Gasteiger partial charge in [-0.2, -0.15) is 4.98 Å². The van der Waals surface area contributed by atoms with Crippen molar-refractivity contribution in [1.29, 1.82) is 0 Å². The van der Waals surface area contributed by atoms with E-state index in [2.05, 4.69) is 39.4 Å². The molecule has 1 amide bonds. The first-order valence-electron chi connectivity index (χ1n) is 9.70. The smallest absolute Gasteiger partial charge is 0.238 e. The highest BCUT2D eigenvalue weighted by Gasteiger charge is 2.33. The number of likely N-dealkylation sites (tertiary alicyclic amines) is 1. The fourth-order valence-electron chi connectivity index (χ4n) is 3.30. The highest BCUT2D eigenvalue weighted by Crippen LogP contribution is 2.28. The minimum absolute atomic E-state index is 0.00422. The fraction of sp³-hybridized carbons (Fsp3) is 0.381. The predicted octanol–water partition coefficient (Wildman–Crippen LogP) is 4.18. The first kappa shape index (κ1) is 18.8. The molecule has 7 heteroatoms. The molecule has 3 aromatic rings. The van der Waals surface area contributed by atoms with Gasteiger partial charge in [-0.15, -0.1) is 11.3 Å². The van der Waals surface area contributed by atoms with Gasteiger partial charge in [-0.3, -0.25) is 9.69 Å². The Morgan fingerprint density at radius 3 is 2.82 bits per heavy atom. The van der Waals surface area contributed by atoms with Crippen molar-refractivity contribution in [3.05, 3.63) is 53.2 Å². The monoisotopic (exact) mass is 396 g/mol. The maximum absolute atomic E-state index is 12.3. The van der Waals surface area contributed by atoms with Gasteiger partial charge in [0.05, 0.1) is 17.3 Å². The lowest BCUT2D eigenvalue weighted by Crippen LogP contribution is -2.48. The van der Waals surface area contributed by atoms with Gasteiger partial charge in [0.25, 0.3) is 0 Å². The van der Waals surface area contributed by atoms with Crippen LogP contribution >= 0.6 is 11.3 Å². The lowest BCUT2D eigenvalue weighted by atomic mass is 10.0. The Morgan fingerprint density at radius 1 is 1.29 bits per heavy atom. The molecule has 0 radical (unpaired) electrons. The van der Waals surface area contributed by atoms with Crippen LogP contribution < -0.4 is 5.32 Å². The van der Waals surface area contributed by atoms with E-state index < -0.39 is 0 Å². The number of carbonyl (C=O) groups is 1. The molecule has 0 saturated carbocycles. The molecule has 6 nitrogen and oxygen atoms in total. The molecule has 1 saturated heterocycles. The summed E-state index contributed by atoms with van der Waals surface area (Å²) < 4.78 is 5.40. The summed E-state index contributed by atoms with van der Waals surface area (Å²) in [5, 5.41) is 9.02. The van der Waals surface area contributed by atoms with E-state index in [1.54, 1.807) is 11.3 Å². The number of unbranched alkanes of at least 4 members (excludes halogenated alkanes) is 1. The molecule has 2 aromatic heterocycles. The van der Waals surface area contributed by atoms with Gasteiger partial charge in [0, 0.05) is 18.8 Å². The molecule has 1 fully saturated rings. The second-order valence-electron chi connectivity index (χ2n) is 7.17. The predicted molar refractivity (Wildman–Crippen MR) is 110 cm³/mol. The van der Waals surface area contributed by atoms with Crippen LogP contribution in [0.15, 0.2) is 46.3 Å². The van der Waals surface area contributed by atoms with E-state index in [1.807, 2.05) is 29.6 Å². The summed E-state index contributed by atoms with van der Waals surface area (Å²) in [6, 6.07) is 12.1. The van der Waals surface area contributed by atoms with Gasteiger partial charge >= 0.3 is 0 Å². The molecule has 0 aliphatic carbocycles. The Balaban J connectivity index is 1.23. The highest BCUT2D eigenvalue weighted by molar-refractivity contribution is 7.13. The maximum atomic E-state index is 12.3. The van der Waals surface area contributed by atoms with Gasteiger partial charge in [-0.25, -0.2) is 0 Å². The van der Waals surface area contributed by atoms with Crippen LogP contribution in [0.2, 0.25) is 0 Å². The fourth-order valence-corrected chi connectivity index (χ4v) is 3.95. The van der Waals surface area contributed by atoms with E-state index in [1.165, 1.54) is 18.4 Å². The van der Waals surface area contributed by atoms with Gasteiger partial charge in [-0.05, 0) is 42.0 Å². The van der Waals surface area contributed by atoms with Crippen LogP contribution in [0.4, 0.5) is 5.69 Å². The van der Waals surface area contributed by atoms with Gasteiger partial charge in [-0.1, -0.05) is 36.7 Å². The third-order valence-electron chi connectivity index (χ3n) is 4.91. The Morgan fingerprint density at radius 2 is 2.11 bits per heavy atom. The summed E-state index contributed by atoms with van der Waals surface area (Å²) in [5.74, 6) is 1.50. The van der Waals surface area contributed by atoms with Gasteiger partial charge < -0.3 is 9.84 Å². The van der Waals surface area contributed by atoms with E-state index in [0.717, 1.165) is 30.1 Å². The van der Waals surface area contributed by atoms with Gasteiger partial charge in [0.1, 0.15) is 0 Å². The number of thiophene rings is 1. The van der Waals surface area contributed by atoms with E-state index in [9.17, 15) is 4.79 Å². The van der Waals surface area contributed by atoms with Crippen molar-refractivity contribution in [3.8, 4) is 10.7 Å². The number of hydrogen-bond donors (Lipinski definition) is 1. The first-order valence-corrected chi connectivity index (χ1v) is 10.6. The van der Waals surface area contributed by atoms with Crippen LogP contribution in [0.5, 0.6) is 0 Å². The van der Waals surface area contributed by atoms with Crippen molar-refractivity contribution in [2.75, 3.05) is 25.0 Å². The molecule has 0 unspecified atom stereocenters. The number of aryl methyl sites for hydroxylation is 1. The van der Waals surface area contributed by atoms with Crippen LogP contribution in [0.3, 0.4) is 0 Å². The zero-order valence-corrected chi connectivity index (χ0v) is 16.7. The van der Waals surface area contributed by atoms with Crippen molar-refractivity contribution < 1.29 is 9.32 Å². The lowest BCUT2D eigenvalue weighted by Gasteiger charge is -2.36. The molecular weight excluding hydrogens is 372 g/mol. The highest BCUT2D eigenvalue weighted by atomic mass is 32.1. The standard InChI is InChI=1S/C21H24N4O2S/c1-2-3-5-15-7-9-17(10-8-15)22-19(26)14-25-12-16(13-25)21-23-20(24-27-21)18-6-4-11-28-18/h4,6-11,16H,2-3,5,12-14H2,1H3,(H,22,26).